The molecule has 0 aliphatic carbocycles. The predicted octanol–water partition coefficient (Wildman–Crippen LogP) is 2.70. The highest BCUT2D eigenvalue weighted by Crippen LogP contribution is 2.30. The van der Waals surface area contributed by atoms with Crippen LogP contribution in [0.5, 0.6) is 0 Å². The summed E-state index contributed by atoms with van der Waals surface area (Å²) in [5.41, 5.74) is 5.22. The van der Waals surface area contributed by atoms with Gasteiger partial charge in [-0.15, -0.1) is 0 Å². The number of hydrogen-bond acceptors (Lipinski definition) is 4. The summed E-state index contributed by atoms with van der Waals surface area (Å²) in [6.07, 6.45) is -2.80. The Morgan fingerprint density at radius 1 is 1.11 bits per heavy atom. The van der Waals surface area contributed by atoms with E-state index in [0.717, 1.165) is 12.1 Å². The van der Waals surface area contributed by atoms with E-state index in [1.165, 1.54) is 18.3 Å². The summed E-state index contributed by atoms with van der Waals surface area (Å²) >= 11 is 0. The van der Waals surface area contributed by atoms with E-state index in [-0.39, 0.29) is 6.54 Å². The Balaban J connectivity index is 2.15. The molecule has 1 heterocycles. The van der Waals surface area contributed by atoms with Gasteiger partial charge in [-0.25, -0.2) is 9.97 Å². The van der Waals surface area contributed by atoms with Crippen molar-refractivity contribution in [3.05, 3.63) is 47.9 Å². The van der Waals surface area contributed by atoms with Crippen LogP contribution in [0.3, 0.4) is 0 Å². The van der Waals surface area contributed by atoms with Crippen molar-refractivity contribution in [3.8, 4) is 0 Å². The third kappa shape index (κ3) is 3.41. The Bertz CT molecular complexity index is 552. The minimum atomic E-state index is -4.33. The highest BCUT2D eigenvalue weighted by molar-refractivity contribution is 5.56. The van der Waals surface area contributed by atoms with Crippen LogP contribution in [-0.2, 0) is 12.7 Å². The van der Waals surface area contributed by atoms with Crippen molar-refractivity contribution < 1.29 is 13.2 Å². The lowest BCUT2D eigenvalue weighted by atomic mass is 10.2. The molecular formula is C12H11F3N4. The molecule has 3 N–H and O–H groups in total. The summed E-state index contributed by atoms with van der Waals surface area (Å²) in [4.78, 5) is 8.01. The first kappa shape index (κ1) is 13.3. The Morgan fingerprint density at radius 2 is 1.79 bits per heavy atom. The first-order valence-corrected chi connectivity index (χ1v) is 5.45. The van der Waals surface area contributed by atoms with Crippen LogP contribution in [0.25, 0.3) is 0 Å². The highest BCUT2D eigenvalue weighted by Gasteiger charge is 2.29. The van der Waals surface area contributed by atoms with Gasteiger partial charge in [-0.3, -0.25) is 0 Å². The van der Waals surface area contributed by atoms with E-state index in [9.17, 15) is 13.2 Å². The van der Waals surface area contributed by atoms with Gasteiger partial charge in [0.1, 0.15) is 11.6 Å². The molecule has 7 heteroatoms. The lowest BCUT2D eigenvalue weighted by molar-refractivity contribution is -0.137. The first-order chi connectivity index (χ1) is 8.99. The minimum Gasteiger partial charge on any atom is -0.340 e. The van der Waals surface area contributed by atoms with Gasteiger partial charge < -0.3 is 11.1 Å². The van der Waals surface area contributed by atoms with E-state index in [4.69, 9.17) is 5.73 Å². The highest BCUT2D eigenvalue weighted by atomic mass is 19.4. The third-order valence-electron chi connectivity index (χ3n) is 2.37. The standard InChI is InChI=1S/C12H11F3N4/c13-12(14,15)8-1-3-9(4-2-8)18-10-5-6-17-11(7-16)19-10/h1-6H,7,16H2,(H,17,18,19). The van der Waals surface area contributed by atoms with Crippen LogP contribution < -0.4 is 11.1 Å². The van der Waals surface area contributed by atoms with Crippen LogP contribution in [-0.4, -0.2) is 9.97 Å². The lowest BCUT2D eigenvalue weighted by Crippen LogP contribution is -2.06. The number of aromatic nitrogens is 2. The van der Waals surface area contributed by atoms with Gasteiger partial charge in [-0.2, -0.15) is 13.2 Å². The van der Waals surface area contributed by atoms with Crippen LogP contribution in [0.1, 0.15) is 11.4 Å². The second-order valence-electron chi connectivity index (χ2n) is 3.76. The van der Waals surface area contributed by atoms with Crippen molar-refractivity contribution in [1.82, 2.24) is 9.97 Å². The number of anilines is 2. The molecule has 0 atom stereocenters. The maximum absolute atomic E-state index is 12.4. The number of halogens is 3. The SMILES string of the molecule is NCc1nccc(Nc2ccc(C(F)(F)F)cc2)n1. The zero-order chi connectivity index (χ0) is 13.9. The van der Waals surface area contributed by atoms with Gasteiger partial charge in [0.2, 0.25) is 0 Å². The summed E-state index contributed by atoms with van der Waals surface area (Å²) in [7, 11) is 0. The van der Waals surface area contributed by atoms with E-state index in [0.29, 0.717) is 17.3 Å². The van der Waals surface area contributed by atoms with Crippen LogP contribution in [0, 0.1) is 0 Å². The predicted molar refractivity (Wildman–Crippen MR) is 64.7 cm³/mol. The lowest BCUT2D eigenvalue weighted by Gasteiger charge is -2.09. The van der Waals surface area contributed by atoms with Crippen molar-refractivity contribution in [3.63, 3.8) is 0 Å². The number of benzene rings is 1. The molecule has 0 radical (unpaired) electrons. The molecule has 0 saturated heterocycles. The number of rotatable bonds is 3. The summed E-state index contributed by atoms with van der Waals surface area (Å²) in [6, 6.07) is 6.30. The van der Waals surface area contributed by atoms with E-state index in [1.54, 1.807) is 6.07 Å². The molecule has 2 aromatic rings. The van der Waals surface area contributed by atoms with E-state index >= 15 is 0 Å². The largest absolute Gasteiger partial charge is 0.416 e. The summed E-state index contributed by atoms with van der Waals surface area (Å²) < 4.78 is 37.2. The smallest absolute Gasteiger partial charge is 0.340 e. The van der Waals surface area contributed by atoms with Gasteiger partial charge in [0.25, 0.3) is 0 Å². The fourth-order valence-corrected chi connectivity index (χ4v) is 1.46. The van der Waals surface area contributed by atoms with Gasteiger partial charge in [-0.1, -0.05) is 0 Å². The van der Waals surface area contributed by atoms with Crippen molar-refractivity contribution in [2.45, 2.75) is 12.7 Å². The van der Waals surface area contributed by atoms with Gasteiger partial charge in [-0.05, 0) is 30.3 Å². The maximum Gasteiger partial charge on any atom is 0.416 e. The van der Waals surface area contributed by atoms with Crippen molar-refractivity contribution in [1.29, 1.82) is 0 Å². The molecule has 2 rings (SSSR count). The molecule has 0 saturated carbocycles. The molecule has 4 nitrogen and oxygen atoms in total. The van der Waals surface area contributed by atoms with E-state index in [2.05, 4.69) is 15.3 Å². The minimum absolute atomic E-state index is 0.197. The van der Waals surface area contributed by atoms with Gasteiger partial charge in [0, 0.05) is 11.9 Å². The van der Waals surface area contributed by atoms with Crippen molar-refractivity contribution in [2.24, 2.45) is 5.73 Å². The maximum atomic E-state index is 12.4. The molecule has 0 unspecified atom stereocenters. The first-order valence-electron chi connectivity index (χ1n) is 5.45. The molecule has 0 fully saturated rings. The molecule has 0 aliphatic rings. The summed E-state index contributed by atoms with van der Waals surface area (Å²) in [5, 5.41) is 2.88. The van der Waals surface area contributed by atoms with Crippen LogP contribution in [0.2, 0.25) is 0 Å². The second kappa shape index (κ2) is 5.23. The van der Waals surface area contributed by atoms with Gasteiger partial charge in [0.05, 0.1) is 12.1 Å². The Kier molecular flexibility index (Phi) is 3.66. The zero-order valence-corrected chi connectivity index (χ0v) is 9.78. The van der Waals surface area contributed by atoms with Crippen molar-refractivity contribution in [2.75, 3.05) is 5.32 Å². The van der Waals surface area contributed by atoms with E-state index in [1.807, 2.05) is 0 Å². The van der Waals surface area contributed by atoms with E-state index < -0.39 is 11.7 Å². The average Bonchev–Trinajstić information content (AvgIpc) is 2.38. The van der Waals surface area contributed by atoms with Gasteiger partial charge >= 0.3 is 6.18 Å². The molecule has 0 spiro atoms. The van der Waals surface area contributed by atoms with Crippen LogP contribution in [0.4, 0.5) is 24.7 Å². The number of nitrogens with two attached hydrogens (primary N) is 1. The van der Waals surface area contributed by atoms with Gasteiger partial charge in [0.15, 0.2) is 0 Å². The Morgan fingerprint density at radius 3 is 2.37 bits per heavy atom. The number of nitrogens with one attached hydrogen (secondary N) is 1. The summed E-state index contributed by atoms with van der Waals surface area (Å²) in [6.45, 7) is 0.197. The monoisotopic (exact) mass is 268 g/mol. The Hall–Kier alpha value is -2.15. The number of alkyl halides is 3. The fourth-order valence-electron chi connectivity index (χ4n) is 1.46. The van der Waals surface area contributed by atoms with Crippen LogP contribution >= 0.6 is 0 Å². The topological polar surface area (TPSA) is 63.8 Å². The number of nitrogens with zero attached hydrogens (tertiary/aromatic N) is 2. The molecule has 100 valence electrons. The zero-order valence-electron chi connectivity index (χ0n) is 9.78. The normalized spacial score (nSPS) is 11.4. The van der Waals surface area contributed by atoms with Crippen molar-refractivity contribution >= 4 is 11.5 Å². The molecule has 0 aliphatic heterocycles. The molecule has 0 bridgehead atoms. The molecule has 19 heavy (non-hydrogen) atoms. The number of hydrogen-bond donors (Lipinski definition) is 2. The average molecular weight is 268 g/mol. The van der Waals surface area contributed by atoms with Crippen LogP contribution in [0.15, 0.2) is 36.5 Å². The molecular weight excluding hydrogens is 257 g/mol. The fraction of sp³-hybridized carbons (Fsp3) is 0.167. The second-order valence-corrected chi connectivity index (χ2v) is 3.76. The quantitative estimate of drug-likeness (QED) is 0.898. The Labute approximate surface area is 107 Å². The molecule has 1 aromatic carbocycles. The summed E-state index contributed by atoms with van der Waals surface area (Å²) in [5.74, 6) is 0.937. The molecule has 0 amide bonds. The third-order valence-corrected chi connectivity index (χ3v) is 2.37. The molecule has 1 aromatic heterocycles.